The molecule has 4 heteroatoms. The molecular formula is C17H23FN2O. The summed E-state index contributed by atoms with van der Waals surface area (Å²) < 4.78 is 13.1. The van der Waals surface area contributed by atoms with Gasteiger partial charge in [-0.1, -0.05) is 32.9 Å². The van der Waals surface area contributed by atoms with Crippen LogP contribution in [0.25, 0.3) is 0 Å². The molecule has 0 radical (unpaired) electrons. The first-order chi connectivity index (χ1) is 9.79. The molecule has 21 heavy (non-hydrogen) atoms. The zero-order valence-corrected chi connectivity index (χ0v) is 13.1. The maximum Gasteiger partial charge on any atom is 0.247 e. The van der Waals surface area contributed by atoms with Crippen LogP contribution in [-0.2, 0) is 4.79 Å². The highest BCUT2D eigenvalue weighted by Gasteiger charge is 2.29. The van der Waals surface area contributed by atoms with Gasteiger partial charge in [-0.25, -0.2) is 4.39 Å². The van der Waals surface area contributed by atoms with Gasteiger partial charge < -0.3 is 10.6 Å². The van der Waals surface area contributed by atoms with Gasteiger partial charge in [-0.15, -0.1) is 0 Å². The molecule has 1 aliphatic rings. The molecule has 1 aromatic carbocycles. The van der Waals surface area contributed by atoms with Gasteiger partial charge in [0.1, 0.15) is 5.82 Å². The Balaban J connectivity index is 2.21. The van der Waals surface area contributed by atoms with E-state index in [1.54, 1.807) is 12.1 Å². The molecule has 114 valence electrons. The van der Waals surface area contributed by atoms with Gasteiger partial charge in [-0.3, -0.25) is 4.79 Å². The highest BCUT2D eigenvalue weighted by molar-refractivity contribution is 5.94. The number of rotatable bonds is 3. The second-order valence-electron chi connectivity index (χ2n) is 6.66. The molecule has 2 rings (SSSR count). The lowest BCUT2D eigenvalue weighted by Gasteiger charge is -2.33. The van der Waals surface area contributed by atoms with Crippen LogP contribution in [0.3, 0.4) is 0 Å². The van der Waals surface area contributed by atoms with Crippen molar-refractivity contribution in [3.63, 3.8) is 0 Å². The average Bonchev–Trinajstić information content (AvgIpc) is 2.33. The molecule has 3 nitrogen and oxygen atoms in total. The SMILES string of the molecule is CC(C(=O)NC(c1ccc(F)cc1)C(C)(C)C)=C1CNC1. The summed E-state index contributed by atoms with van der Waals surface area (Å²) in [5, 5.41) is 6.23. The summed E-state index contributed by atoms with van der Waals surface area (Å²) in [6, 6.07) is 6.18. The highest BCUT2D eigenvalue weighted by Crippen LogP contribution is 2.33. The number of benzene rings is 1. The number of carbonyl (C=O) groups excluding carboxylic acids is 1. The van der Waals surface area contributed by atoms with E-state index in [1.165, 1.54) is 12.1 Å². The first kappa shape index (κ1) is 15.7. The van der Waals surface area contributed by atoms with Crippen LogP contribution < -0.4 is 10.6 Å². The molecule has 1 amide bonds. The van der Waals surface area contributed by atoms with Crippen molar-refractivity contribution in [3.8, 4) is 0 Å². The summed E-state index contributed by atoms with van der Waals surface area (Å²) in [6.07, 6.45) is 0. The van der Waals surface area contributed by atoms with Crippen molar-refractivity contribution in [2.45, 2.75) is 33.7 Å². The molecule has 1 aliphatic heterocycles. The molecule has 1 fully saturated rings. The van der Waals surface area contributed by atoms with Crippen LogP contribution >= 0.6 is 0 Å². The first-order valence-electron chi connectivity index (χ1n) is 7.24. The fourth-order valence-corrected chi connectivity index (χ4v) is 2.37. The van der Waals surface area contributed by atoms with Crippen molar-refractivity contribution in [2.75, 3.05) is 13.1 Å². The number of carbonyl (C=O) groups is 1. The van der Waals surface area contributed by atoms with Crippen molar-refractivity contribution in [1.82, 2.24) is 10.6 Å². The molecule has 2 N–H and O–H groups in total. The second-order valence-corrected chi connectivity index (χ2v) is 6.66. The molecule has 0 aromatic heterocycles. The van der Waals surface area contributed by atoms with Crippen LogP contribution in [0, 0.1) is 11.2 Å². The van der Waals surface area contributed by atoms with Gasteiger partial charge in [0.25, 0.3) is 0 Å². The zero-order valence-electron chi connectivity index (χ0n) is 13.1. The molecule has 1 aromatic rings. The minimum Gasteiger partial charge on any atom is -0.345 e. The van der Waals surface area contributed by atoms with Crippen LogP contribution in [0.4, 0.5) is 4.39 Å². The van der Waals surface area contributed by atoms with Gasteiger partial charge in [0.15, 0.2) is 0 Å². The van der Waals surface area contributed by atoms with Crippen LogP contribution in [-0.4, -0.2) is 19.0 Å². The van der Waals surface area contributed by atoms with Crippen molar-refractivity contribution in [2.24, 2.45) is 5.41 Å². The number of amides is 1. The van der Waals surface area contributed by atoms with Gasteiger partial charge in [0, 0.05) is 18.7 Å². The molecule has 1 unspecified atom stereocenters. The average molecular weight is 290 g/mol. The smallest absolute Gasteiger partial charge is 0.247 e. The van der Waals surface area contributed by atoms with Crippen molar-refractivity contribution < 1.29 is 9.18 Å². The van der Waals surface area contributed by atoms with Crippen molar-refractivity contribution in [3.05, 3.63) is 46.8 Å². The molecule has 1 heterocycles. The maximum absolute atomic E-state index is 13.1. The Morgan fingerprint density at radius 1 is 1.24 bits per heavy atom. The molecule has 1 saturated heterocycles. The standard InChI is InChI=1S/C17H23FN2O/c1-11(13-9-19-10-13)16(21)20-15(17(2,3)4)12-5-7-14(18)8-6-12/h5-8,15,19H,9-10H2,1-4H3,(H,20,21). The lowest BCUT2D eigenvalue weighted by molar-refractivity contribution is -0.119. The van der Waals surface area contributed by atoms with E-state index in [9.17, 15) is 9.18 Å². The Labute approximate surface area is 125 Å². The Morgan fingerprint density at radius 2 is 1.81 bits per heavy atom. The van der Waals surface area contributed by atoms with Crippen molar-refractivity contribution in [1.29, 1.82) is 0 Å². The molecule has 1 atom stereocenters. The third-order valence-corrected chi connectivity index (χ3v) is 3.89. The fourth-order valence-electron chi connectivity index (χ4n) is 2.37. The number of hydrogen-bond donors (Lipinski definition) is 2. The minimum atomic E-state index is -0.267. The van der Waals surface area contributed by atoms with E-state index in [2.05, 4.69) is 31.4 Å². The van der Waals surface area contributed by atoms with Gasteiger partial charge in [0.2, 0.25) is 5.91 Å². The lowest BCUT2D eigenvalue weighted by Crippen LogP contribution is -2.40. The van der Waals surface area contributed by atoms with E-state index in [1.807, 2.05) is 6.92 Å². The lowest BCUT2D eigenvalue weighted by atomic mass is 9.82. The quantitative estimate of drug-likeness (QED) is 0.840. The van der Waals surface area contributed by atoms with Crippen LogP contribution in [0.15, 0.2) is 35.4 Å². The molecule has 0 bridgehead atoms. The van der Waals surface area contributed by atoms with Crippen LogP contribution in [0.1, 0.15) is 39.3 Å². The van der Waals surface area contributed by atoms with E-state index >= 15 is 0 Å². The summed E-state index contributed by atoms with van der Waals surface area (Å²) in [4.78, 5) is 12.4. The number of nitrogens with one attached hydrogen (secondary N) is 2. The van der Waals surface area contributed by atoms with E-state index < -0.39 is 0 Å². The van der Waals surface area contributed by atoms with Gasteiger partial charge in [-0.2, -0.15) is 0 Å². The predicted molar refractivity (Wildman–Crippen MR) is 82.3 cm³/mol. The highest BCUT2D eigenvalue weighted by atomic mass is 19.1. The Kier molecular flexibility index (Phi) is 4.47. The summed E-state index contributed by atoms with van der Waals surface area (Å²) in [5.74, 6) is -0.313. The monoisotopic (exact) mass is 290 g/mol. The van der Waals surface area contributed by atoms with Crippen LogP contribution in [0.5, 0.6) is 0 Å². The predicted octanol–water partition coefficient (Wildman–Crippen LogP) is 2.95. The summed E-state index contributed by atoms with van der Waals surface area (Å²) in [7, 11) is 0. The van der Waals surface area contributed by atoms with Gasteiger partial charge >= 0.3 is 0 Å². The maximum atomic E-state index is 13.1. The fraction of sp³-hybridized carbons (Fsp3) is 0.471. The molecule has 0 aliphatic carbocycles. The summed E-state index contributed by atoms with van der Waals surface area (Å²) in [5.41, 5.74) is 2.70. The van der Waals surface area contributed by atoms with E-state index in [-0.39, 0.29) is 23.2 Å². The second kappa shape index (κ2) is 5.98. The largest absolute Gasteiger partial charge is 0.345 e. The topological polar surface area (TPSA) is 41.1 Å². The Hall–Kier alpha value is -1.68. The first-order valence-corrected chi connectivity index (χ1v) is 7.24. The van der Waals surface area contributed by atoms with E-state index in [4.69, 9.17) is 0 Å². The van der Waals surface area contributed by atoms with E-state index in [0.717, 1.165) is 29.8 Å². The Bertz CT molecular complexity index is 549. The third-order valence-electron chi connectivity index (χ3n) is 3.89. The third kappa shape index (κ3) is 3.70. The molecular weight excluding hydrogens is 267 g/mol. The molecule has 0 saturated carbocycles. The summed E-state index contributed by atoms with van der Waals surface area (Å²) >= 11 is 0. The normalized spacial score (nSPS) is 16.1. The Morgan fingerprint density at radius 3 is 2.24 bits per heavy atom. The van der Waals surface area contributed by atoms with Crippen LogP contribution in [0.2, 0.25) is 0 Å². The number of halogens is 1. The van der Waals surface area contributed by atoms with E-state index in [0.29, 0.717) is 0 Å². The van der Waals surface area contributed by atoms with Crippen molar-refractivity contribution >= 4 is 5.91 Å². The summed E-state index contributed by atoms with van der Waals surface area (Å²) in [6.45, 7) is 9.62. The minimum absolute atomic E-state index is 0.0456. The zero-order chi connectivity index (χ0) is 15.6. The number of hydrogen-bond acceptors (Lipinski definition) is 2. The van der Waals surface area contributed by atoms with Gasteiger partial charge in [0.05, 0.1) is 6.04 Å². The van der Waals surface area contributed by atoms with Gasteiger partial charge in [-0.05, 0) is 35.6 Å². The molecule has 0 spiro atoms.